The van der Waals surface area contributed by atoms with Gasteiger partial charge in [0, 0.05) is 124 Å². The Morgan fingerprint density at radius 3 is 1.69 bits per heavy atom. The summed E-state index contributed by atoms with van der Waals surface area (Å²) in [5, 5.41) is 26.2. The van der Waals surface area contributed by atoms with Crippen LogP contribution < -0.4 is 11.1 Å². The monoisotopic (exact) mass is 942 g/mol. The van der Waals surface area contributed by atoms with Crippen molar-refractivity contribution in [2.45, 2.75) is 19.6 Å². The van der Waals surface area contributed by atoms with Crippen molar-refractivity contribution in [3.05, 3.63) is 71.6 Å². The summed E-state index contributed by atoms with van der Waals surface area (Å²) in [4.78, 5) is 1.68. The van der Waals surface area contributed by atoms with Gasteiger partial charge in [0.1, 0.15) is 36.8 Å². The molecule has 5 rings (SSSR count). The molecule has 0 aliphatic heterocycles. The van der Waals surface area contributed by atoms with E-state index in [4.69, 9.17) is 17.3 Å². The molecule has 0 saturated carbocycles. The minimum Gasteiger partial charge on any atom is -0.505 e. The van der Waals surface area contributed by atoms with Gasteiger partial charge in [0.15, 0.2) is 11.6 Å². The van der Waals surface area contributed by atoms with Crippen LogP contribution in [0.2, 0.25) is 5.02 Å². The molecule has 32 heteroatoms. The summed E-state index contributed by atoms with van der Waals surface area (Å²) in [7, 11) is -20.9. The van der Waals surface area contributed by atoms with E-state index in [2.05, 4.69) is 35.7 Å². The van der Waals surface area contributed by atoms with E-state index >= 15 is 0 Å². The number of azo groups is 2. The number of aromatic nitrogens is 2. The van der Waals surface area contributed by atoms with Crippen LogP contribution >= 0.6 is 11.6 Å². The third-order valence-electron chi connectivity index (χ3n) is 6.81. The van der Waals surface area contributed by atoms with Gasteiger partial charge in [-0.05, 0) is 60.0 Å². The van der Waals surface area contributed by atoms with Gasteiger partial charge in [-0.25, -0.2) is 0 Å². The first-order valence-corrected chi connectivity index (χ1v) is 19.8. The second-order valence-corrected chi connectivity index (χ2v) is 16.3. The first-order valence-electron chi connectivity index (χ1n) is 13.6. The molecule has 4 aromatic carbocycles. The van der Waals surface area contributed by atoms with Crippen LogP contribution in [0.1, 0.15) is 0 Å². The molecule has 1 heterocycles. The molecule has 0 unspecified atom stereocenters. The Hall–Kier alpha value is -1.39. The number of fused-ring (bicyclic) bond motifs is 1. The normalized spacial score (nSPS) is 12.1. The van der Waals surface area contributed by atoms with Gasteiger partial charge in [-0.2, -0.15) is 57.5 Å². The van der Waals surface area contributed by atoms with Crippen molar-refractivity contribution < 1.29 is 65.8 Å². The molecular weight excluding hydrogens is 926 g/mol. The number of rotatable bonds is 10. The molecule has 0 fully saturated rings. The van der Waals surface area contributed by atoms with Gasteiger partial charge >= 0.3 is 6.08 Å². The predicted molar refractivity (Wildman–Crippen MR) is 204 cm³/mol. The van der Waals surface area contributed by atoms with E-state index in [1.165, 1.54) is 24.3 Å². The number of nitrogens with one attached hydrogen (secondary N) is 1. The van der Waals surface area contributed by atoms with Crippen LogP contribution in [0.3, 0.4) is 0 Å². The Kier molecular flexibility index (Phi) is 19.5. The van der Waals surface area contributed by atoms with Gasteiger partial charge in [-0.3, -0.25) is 18.2 Å². The molecule has 0 aliphatic carbocycles. The minimum atomic E-state index is -5.44. The molecular formula is C26H17ClF2N8Na4O13S4. The van der Waals surface area contributed by atoms with Gasteiger partial charge < -0.3 is 16.2 Å². The van der Waals surface area contributed by atoms with E-state index in [-0.39, 0.29) is 130 Å². The van der Waals surface area contributed by atoms with E-state index in [9.17, 15) is 65.8 Å². The number of benzene rings is 4. The summed E-state index contributed by atoms with van der Waals surface area (Å²) in [6.45, 7) is 0. The Labute approximate surface area is 419 Å². The first kappa shape index (κ1) is 54.6. The number of nitrogen functional groups attached to an aromatic ring is 1. The quantitative estimate of drug-likeness (QED) is 0.0261. The van der Waals surface area contributed by atoms with Crippen molar-refractivity contribution in [2.75, 3.05) is 11.1 Å². The van der Waals surface area contributed by atoms with Gasteiger partial charge in [-0.1, -0.05) is 11.6 Å². The zero-order valence-corrected chi connectivity index (χ0v) is 41.7. The van der Waals surface area contributed by atoms with Crippen molar-refractivity contribution >= 4 is 221 Å². The van der Waals surface area contributed by atoms with Crippen molar-refractivity contribution in [2.24, 2.45) is 20.5 Å². The fourth-order valence-corrected chi connectivity index (χ4v) is 7.06. The van der Waals surface area contributed by atoms with Crippen LogP contribution in [0.15, 0.2) is 94.6 Å². The molecule has 5 aromatic rings. The van der Waals surface area contributed by atoms with E-state index in [0.717, 1.165) is 0 Å². The van der Waals surface area contributed by atoms with Gasteiger partial charge in [-0.15, -0.1) is 15.3 Å². The average molecular weight is 943 g/mol. The van der Waals surface area contributed by atoms with Crippen LogP contribution in [-0.2, 0) is 40.5 Å². The Morgan fingerprint density at radius 1 is 0.655 bits per heavy atom. The fraction of sp³-hybridized carbons (Fsp3) is 0. The third-order valence-corrected chi connectivity index (χ3v) is 10.6. The molecule has 288 valence electrons. The molecule has 0 spiro atoms. The maximum absolute atomic E-state index is 13.7. The maximum atomic E-state index is 13.7. The Balaban J connectivity index is 0.00000420. The summed E-state index contributed by atoms with van der Waals surface area (Å²) < 4.78 is 162. The Morgan fingerprint density at radius 2 is 1.17 bits per heavy atom. The van der Waals surface area contributed by atoms with Crippen LogP contribution in [0.25, 0.3) is 10.8 Å². The van der Waals surface area contributed by atoms with Gasteiger partial charge in [0.05, 0.1) is 21.7 Å². The number of nitrogens with zero attached hydrogens (tertiary/aromatic N) is 6. The first-order chi connectivity index (χ1) is 24.9. The molecule has 21 nitrogen and oxygen atoms in total. The third kappa shape index (κ3) is 12.6. The SMILES string of the molecule is Nc1c(N=Nc2ccc(Nc3nc(F)nc(F)c3Cl)cc2)c(S(=O)(=O)O)cc2cc(S(=O)(=O)O)c(N=Nc3cc(S(=O)(=O)O)ccc3S(=O)(=O)O)c(O)c12.[Na].[Na].[Na].[Na]. The largest absolute Gasteiger partial charge is 0.505 e. The van der Waals surface area contributed by atoms with Crippen LogP contribution in [0.5, 0.6) is 5.75 Å². The summed E-state index contributed by atoms with van der Waals surface area (Å²) in [6.07, 6.45) is -1.42. The summed E-state index contributed by atoms with van der Waals surface area (Å²) >= 11 is 5.74. The van der Waals surface area contributed by atoms with Crippen molar-refractivity contribution in [1.29, 1.82) is 0 Å². The molecule has 0 saturated heterocycles. The van der Waals surface area contributed by atoms with Crippen molar-refractivity contribution in [1.82, 2.24) is 9.97 Å². The molecule has 0 bridgehead atoms. The average Bonchev–Trinajstić information content (AvgIpc) is 3.04. The summed E-state index contributed by atoms with van der Waals surface area (Å²) in [5.74, 6) is -3.06. The number of aromatic hydroxyl groups is 1. The van der Waals surface area contributed by atoms with E-state index in [0.29, 0.717) is 30.3 Å². The standard InChI is InChI=1S/C26H17ClF2N8O13S4.4Na/c27-19-24(28)32-26(29)33-25(19)31-11-1-3-12(4-2-11)34-36-21-16(53(45,46)47)7-10-8-17(54(48,49)50)22(23(38)18(10)20(21)30)37-35-14-9-13(51(39,40)41)5-6-15(14)52(42,43)44;;;;/h1-9,38H,30H2,(H,31,32,33)(H,39,40,41)(H,42,43,44)(H,45,46,47)(H,48,49,50);;;;. The summed E-state index contributed by atoms with van der Waals surface area (Å²) in [6, 6.07) is 7.58. The van der Waals surface area contributed by atoms with Crippen molar-refractivity contribution in [3.8, 4) is 5.75 Å². The maximum Gasteiger partial charge on any atom is 0.313 e. The number of halogens is 3. The molecule has 4 radical (unpaired) electrons. The second kappa shape index (κ2) is 20.7. The molecule has 0 atom stereocenters. The van der Waals surface area contributed by atoms with Gasteiger partial charge in [0.25, 0.3) is 40.5 Å². The predicted octanol–water partition coefficient (Wildman–Crippen LogP) is 3.89. The summed E-state index contributed by atoms with van der Waals surface area (Å²) in [5.41, 5.74) is 2.36. The Bertz CT molecular complexity index is 2940. The van der Waals surface area contributed by atoms with E-state index in [1.54, 1.807) is 0 Å². The molecule has 8 N–H and O–H groups in total. The fourth-order valence-electron chi connectivity index (χ4n) is 4.49. The zero-order valence-electron chi connectivity index (χ0n) is 29.7. The number of nitrogens with two attached hydrogens (primary N) is 1. The number of hydrogen-bond donors (Lipinski definition) is 7. The molecule has 0 amide bonds. The van der Waals surface area contributed by atoms with E-state index < -0.39 is 122 Å². The van der Waals surface area contributed by atoms with Gasteiger partial charge in [0.2, 0.25) is 5.95 Å². The molecule has 0 aliphatic rings. The number of hydrogen-bond acceptors (Lipinski definition) is 17. The second-order valence-electron chi connectivity index (χ2n) is 10.4. The van der Waals surface area contributed by atoms with Crippen LogP contribution in [0, 0.1) is 12.0 Å². The van der Waals surface area contributed by atoms with Crippen LogP contribution in [0.4, 0.5) is 48.7 Å². The van der Waals surface area contributed by atoms with Crippen LogP contribution in [-0.4, -0.2) is 185 Å². The topological polar surface area (TPSA) is 351 Å². The number of phenolic OH excluding ortho intramolecular Hbond substituents is 1. The van der Waals surface area contributed by atoms with E-state index in [1.807, 2.05) is 0 Å². The molecule has 58 heavy (non-hydrogen) atoms. The van der Waals surface area contributed by atoms with Crippen molar-refractivity contribution in [3.63, 3.8) is 0 Å². The molecule has 1 aromatic heterocycles. The minimum absolute atomic E-state index is 0. The zero-order chi connectivity index (χ0) is 40.1. The smallest absolute Gasteiger partial charge is 0.313 e. The number of anilines is 3. The number of phenols is 1.